The smallest absolute Gasteiger partial charge is 0.410 e. The van der Waals surface area contributed by atoms with E-state index in [-0.39, 0.29) is 68.2 Å². The molecule has 8 N–H and O–H groups in total. The first kappa shape index (κ1) is 80.1. The van der Waals surface area contributed by atoms with Gasteiger partial charge in [-0.3, -0.25) is 62.5 Å². The van der Waals surface area contributed by atoms with Gasteiger partial charge in [0.1, 0.15) is 36.8 Å². The monoisotopic (exact) mass is 1340 g/mol. The van der Waals surface area contributed by atoms with Gasteiger partial charge >= 0.3 is 12.1 Å². The molecule has 2 aliphatic rings. The van der Waals surface area contributed by atoms with Crippen LogP contribution in [0.1, 0.15) is 151 Å². The van der Waals surface area contributed by atoms with Crippen molar-refractivity contribution in [2.75, 3.05) is 46.7 Å². The summed E-state index contributed by atoms with van der Waals surface area (Å²) in [6, 6.07) is 7.46. The Bertz CT molecular complexity index is 3000. The van der Waals surface area contributed by atoms with Gasteiger partial charge in [-0.2, -0.15) is 0 Å². The predicted molar refractivity (Wildman–Crippen MR) is 356 cm³/mol. The summed E-state index contributed by atoms with van der Waals surface area (Å²) in [6.45, 7) is 19.6. The van der Waals surface area contributed by atoms with Gasteiger partial charge < -0.3 is 66.1 Å². The summed E-state index contributed by atoms with van der Waals surface area (Å²) in [5.41, 5.74) is 1.36. The Morgan fingerprint density at radius 1 is 0.677 bits per heavy atom. The largest absolute Gasteiger partial charge is 0.481 e. The van der Waals surface area contributed by atoms with Gasteiger partial charge in [-0.15, -0.1) is 0 Å². The van der Waals surface area contributed by atoms with Crippen molar-refractivity contribution in [2.24, 2.45) is 29.6 Å². The lowest BCUT2D eigenvalue weighted by Crippen LogP contribution is -2.60. The lowest BCUT2D eigenvalue weighted by molar-refractivity contribution is -0.148. The van der Waals surface area contributed by atoms with E-state index < -0.39 is 150 Å². The number of hydrogen-bond donors (Lipinski definition) is 8. The van der Waals surface area contributed by atoms with E-state index in [2.05, 4.69) is 31.9 Å². The van der Waals surface area contributed by atoms with Gasteiger partial charge in [0.25, 0.3) is 11.8 Å². The lowest BCUT2D eigenvalue weighted by atomic mass is 9.89. The van der Waals surface area contributed by atoms with E-state index in [0.29, 0.717) is 43.4 Å². The Kier molecular flexibility index (Phi) is 32.1. The van der Waals surface area contributed by atoms with Crippen LogP contribution in [0.25, 0.3) is 0 Å². The Labute approximate surface area is 564 Å². The fraction of sp³-hybridized carbons (Fsp3) is 0.623. The molecule has 0 aromatic heterocycles. The summed E-state index contributed by atoms with van der Waals surface area (Å²) < 4.78 is 17.7. The van der Waals surface area contributed by atoms with Gasteiger partial charge in [-0.05, 0) is 92.9 Å². The van der Waals surface area contributed by atoms with Gasteiger partial charge in [0.05, 0.1) is 48.8 Å². The normalized spacial score (nSPS) is 17.6. The predicted octanol–water partition coefficient (Wildman–Crippen LogP) is 4.61. The molecule has 0 unspecified atom stereocenters. The number of imide groups is 1. The number of aliphatic carboxylic acids is 1. The highest BCUT2D eigenvalue weighted by molar-refractivity contribution is 6.13. The Morgan fingerprint density at radius 3 is 1.86 bits per heavy atom. The summed E-state index contributed by atoms with van der Waals surface area (Å²) in [5, 5.41) is 36.6. The van der Waals surface area contributed by atoms with Crippen molar-refractivity contribution >= 4 is 76.8 Å². The standard InChI is InChI=1S/C69H104N10O17/c1-16-42(8)60(52(94-14)37-56(83)78-35-20-23-51(78)62(95-15)43(9)63(87)70-44(10)61(86)47-21-18-17-19-22-47)76(12)68(92)58(40(4)5)75-67(91)59(41(6)7)77(13)69(93)96-38-46-25-27-48(28-26-46)72-66(90)50(30-33-57(84)85)74-64(88)45(11)71-65(89)49(29-24-39(2)3)73-53(80)34-36-79-54(81)31-32-55(79)82/h17-19,21-22,25-28,31-32,39-45,49-52,58-62,86H,16,20,23-24,29-30,33-38H2,1-15H3,(H,70,87)(H,71,89)(H,72,90)(H,73,80)(H,74,88)(H,75,91)(H,84,85)/t42-,43+,44+,45-,49+,50-,51-,52+,58-,59-,60-,61+,62+/m0/s1. The molecular weight excluding hydrogens is 1240 g/mol. The van der Waals surface area contributed by atoms with Crippen LogP contribution >= 0.6 is 0 Å². The number of benzene rings is 2. The molecule has 0 saturated carbocycles. The lowest BCUT2D eigenvalue weighted by Gasteiger charge is -2.41. The van der Waals surface area contributed by atoms with Gasteiger partial charge in [-0.1, -0.05) is 111 Å². The van der Waals surface area contributed by atoms with Gasteiger partial charge in [0, 0.05) is 72.1 Å². The topological polar surface area (TPSA) is 358 Å². The summed E-state index contributed by atoms with van der Waals surface area (Å²) >= 11 is 0. The summed E-state index contributed by atoms with van der Waals surface area (Å²) in [5.74, 6) is -8.60. The number of rotatable bonds is 38. The Morgan fingerprint density at radius 2 is 1.30 bits per heavy atom. The molecule has 0 radical (unpaired) electrons. The minimum absolute atomic E-state index is 0.105. The molecule has 96 heavy (non-hydrogen) atoms. The molecule has 2 aromatic rings. The van der Waals surface area contributed by atoms with Crippen LogP contribution in [0.4, 0.5) is 10.5 Å². The number of likely N-dealkylation sites (tertiary alicyclic amines) is 1. The summed E-state index contributed by atoms with van der Waals surface area (Å²) in [4.78, 5) is 165. The average molecular weight is 1350 g/mol. The van der Waals surface area contributed by atoms with Crippen molar-refractivity contribution in [1.82, 2.24) is 46.2 Å². The average Bonchev–Trinajstić information content (AvgIpc) is 1.48. The zero-order valence-electron chi connectivity index (χ0n) is 58.4. The molecule has 532 valence electrons. The Balaban J connectivity index is 1.37. The number of methoxy groups -OCH3 is 2. The van der Waals surface area contributed by atoms with Crippen LogP contribution in [0.5, 0.6) is 0 Å². The zero-order valence-corrected chi connectivity index (χ0v) is 58.4. The molecule has 1 saturated heterocycles. The summed E-state index contributed by atoms with van der Waals surface area (Å²) in [6.07, 6.45) is 0.254. The van der Waals surface area contributed by atoms with Crippen molar-refractivity contribution in [3.8, 4) is 0 Å². The number of carboxylic acid groups (broad SMARTS) is 1. The second-order valence-electron chi connectivity index (χ2n) is 26.2. The second-order valence-corrected chi connectivity index (χ2v) is 26.2. The zero-order chi connectivity index (χ0) is 71.8. The number of carboxylic acids is 1. The molecule has 11 amide bonds. The number of ether oxygens (including phenoxy) is 3. The SMILES string of the molecule is CC[C@H](C)[C@@H]([C@@H](CC(=O)N1CCC[C@H]1[C@H](OC)[C@@H](C)C(=O)N[C@H](C)[C@@H](O)c1ccccc1)OC)N(C)C(=O)[C@@H](NC(=O)[C@H](C(C)C)N(C)C(=O)OCc1ccc(NC(=O)[C@H](CCC(=O)O)NC(=O)[C@H](C)NC(=O)[C@@H](CCC(C)C)NC(=O)CCN2C(=O)C=CC2=O)cc1)C(C)C. The third-order valence-corrected chi connectivity index (χ3v) is 17.8. The quantitative estimate of drug-likeness (QED) is 0.0426. The van der Waals surface area contributed by atoms with Crippen LogP contribution in [-0.4, -0.2) is 203 Å². The molecule has 4 rings (SSSR count). The van der Waals surface area contributed by atoms with Crippen molar-refractivity contribution in [1.29, 1.82) is 0 Å². The van der Waals surface area contributed by atoms with E-state index in [9.17, 15) is 67.7 Å². The van der Waals surface area contributed by atoms with Gasteiger partial charge in [-0.25, -0.2) is 4.79 Å². The fourth-order valence-corrected chi connectivity index (χ4v) is 12.0. The minimum atomic E-state index is -1.39. The number of carbonyl (C=O) groups excluding carboxylic acids is 11. The maximum atomic E-state index is 14.8. The van der Waals surface area contributed by atoms with E-state index in [1.807, 2.05) is 45.9 Å². The molecule has 0 bridgehead atoms. The molecule has 0 spiro atoms. The number of likely N-dealkylation sites (N-methyl/N-ethyl adjacent to an activating group) is 2. The molecule has 13 atom stereocenters. The van der Waals surface area contributed by atoms with E-state index in [4.69, 9.17) is 14.2 Å². The van der Waals surface area contributed by atoms with Gasteiger partial charge in [0.2, 0.25) is 47.3 Å². The highest BCUT2D eigenvalue weighted by Crippen LogP contribution is 2.31. The minimum Gasteiger partial charge on any atom is -0.481 e. The molecule has 2 aliphatic heterocycles. The van der Waals surface area contributed by atoms with E-state index in [1.165, 1.54) is 45.2 Å². The maximum absolute atomic E-state index is 14.8. The van der Waals surface area contributed by atoms with E-state index >= 15 is 0 Å². The van der Waals surface area contributed by atoms with Gasteiger partial charge in [0.15, 0.2) is 0 Å². The first-order chi connectivity index (χ1) is 45.3. The van der Waals surface area contributed by atoms with Crippen molar-refractivity contribution in [2.45, 2.75) is 207 Å². The maximum Gasteiger partial charge on any atom is 0.410 e. The van der Waals surface area contributed by atoms with Crippen molar-refractivity contribution in [3.05, 3.63) is 77.9 Å². The van der Waals surface area contributed by atoms with Crippen molar-refractivity contribution in [3.63, 3.8) is 0 Å². The van der Waals surface area contributed by atoms with Crippen molar-refractivity contribution < 1.29 is 82.0 Å². The van der Waals surface area contributed by atoms with Crippen LogP contribution in [0.15, 0.2) is 66.7 Å². The van der Waals surface area contributed by atoms with Crippen LogP contribution in [0.3, 0.4) is 0 Å². The molecule has 0 aliphatic carbocycles. The number of anilines is 1. The molecule has 1 fully saturated rings. The number of carbonyl (C=O) groups is 12. The number of hydrogen-bond acceptors (Lipinski definition) is 16. The first-order valence-corrected chi connectivity index (χ1v) is 33.2. The summed E-state index contributed by atoms with van der Waals surface area (Å²) in [7, 11) is 6.02. The number of amides is 11. The van der Waals surface area contributed by atoms with Crippen LogP contribution < -0.4 is 31.9 Å². The number of aliphatic hydroxyl groups excluding tert-OH is 1. The molecule has 27 nitrogen and oxygen atoms in total. The van der Waals surface area contributed by atoms with Crippen LogP contribution in [0, 0.1) is 29.6 Å². The van der Waals surface area contributed by atoms with E-state index in [0.717, 1.165) is 22.0 Å². The Hall–Kier alpha value is -8.30. The van der Waals surface area contributed by atoms with Crippen LogP contribution in [0.2, 0.25) is 0 Å². The first-order valence-electron chi connectivity index (χ1n) is 33.2. The highest BCUT2D eigenvalue weighted by Gasteiger charge is 2.44. The molecule has 2 heterocycles. The molecule has 27 heteroatoms. The molecule has 2 aromatic carbocycles. The number of nitrogens with zero attached hydrogens (tertiary/aromatic N) is 4. The molecular formula is C69H104N10O17. The third kappa shape index (κ3) is 23.2. The number of nitrogens with one attached hydrogen (secondary N) is 6. The number of aliphatic hydroxyl groups is 1. The second kappa shape index (κ2) is 38.4. The van der Waals surface area contributed by atoms with E-state index in [1.54, 1.807) is 77.8 Å². The highest BCUT2D eigenvalue weighted by atomic mass is 16.6. The fourth-order valence-electron chi connectivity index (χ4n) is 12.0. The third-order valence-electron chi connectivity index (χ3n) is 17.8. The van der Waals surface area contributed by atoms with Crippen LogP contribution in [-0.2, 0) is 73.6 Å².